The Bertz CT molecular complexity index is 583. The summed E-state index contributed by atoms with van der Waals surface area (Å²) in [6, 6.07) is 5.19. The van der Waals surface area contributed by atoms with Crippen molar-refractivity contribution >= 4 is 41.7 Å². The van der Waals surface area contributed by atoms with Gasteiger partial charge in [0.05, 0.1) is 0 Å². The third-order valence-electron chi connectivity index (χ3n) is 3.06. The number of rotatable bonds is 9. The van der Waals surface area contributed by atoms with Crippen molar-refractivity contribution < 1.29 is 17.9 Å². The molecule has 0 amide bonds. The fourth-order valence-corrected chi connectivity index (χ4v) is 2.49. The Balaban J connectivity index is 0.00000625. The van der Waals surface area contributed by atoms with Crippen molar-refractivity contribution in [2.45, 2.75) is 19.6 Å². The molecular weight excluding hydrogens is 478 g/mol. The van der Waals surface area contributed by atoms with E-state index < -0.39 is 12.8 Å². The Morgan fingerprint density at radius 2 is 2.08 bits per heavy atom. The van der Waals surface area contributed by atoms with Gasteiger partial charge in [-0.1, -0.05) is 18.2 Å². The van der Waals surface area contributed by atoms with E-state index in [1.54, 1.807) is 37.9 Å². The van der Waals surface area contributed by atoms with Crippen molar-refractivity contribution in [2.24, 2.45) is 4.99 Å². The Labute approximate surface area is 174 Å². The monoisotopic (exact) mass is 503 g/mol. The van der Waals surface area contributed by atoms with E-state index in [0.717, 1.165) is 23.6 Å². The topological polar surface area (TPSA) is 45.7 Å². The molecule has 0 saturated heterocycles. The maximum Gasteiger partial charge on any atom is 0.422 e. The minimum atomic E-state index is -4.37. The number of hydrogen-bond acceptors (Lipinski definition) is 3. The zero-order valence-corrected chi connectivity index (χ0v) is 18.0. The number of aliphatic imine (C=N–C) groups is 1. The van der Waals surface area contributed by atoms with E-state index in [4.69, 9.17) is 4.74 Å². The molecule has 1 aromatic carbocycles. The molecule has 4 nitrogen and oxygen atoms in total. The van der Waals surface area contributed by atoms with Crippen LogP contribution in [0.1, 0.15) is 11.1 Å². The van der Waals surface area contributed by atoms with Crippen LogP contribution in [-0.2, 0) is 6.54 Å². The van der Waals surface area contributed by atoms with Crippen LogP contribution in [0.2, 0.25) is 0 Å². The summed E-state index contributed by atoms with van der Waals surface area (Å²) in [4.78, 5) is 4.10. The maximum absolute atomic E-state index is 12.4. The van der Waals surface area contributed by atoms with Gasteiger partial charge in [-0.2, -0.15) is 24.9 Å². The fraction of sp³-hybridized carbons (Fsp3) is 0.471. The van der Waals surface area contributed by atoms with Gasteiger partial charge in [0.1, 0.15) is 5.75 Å². The van der Waals surface area contributed by atoms with Crippen molar-refractivity contribution in [2.75, 3.05) is 31.7 Å². The molecule has 1 aromatic rings. The highest BCUT2D eigenvalue weighted by atomic mass is 127. The Morgan fingerprint density at radius 1 is 1.35 bits per heavy atom. The van der Waals surface area contributed by atoms with Gasteiger partial charge >= 0.3 is 6.18 Å². The van der Waals surface area contributed by atoms with E-state index >= 15 is 0 Å². The third-order valence-corrected chi connectivity index (χ3v) is 4.02. The molecule has 0 unspecified atom stereocenters. The number of ether oxygens (including phenoxy) is 1. The standard InChI is InChI=1S/C17H24F3N3OS.HI/c1-4-8-25-9-7-22-16(21-3)23-11-14-6-5-13(2)10-15(14)24-12-17(18,19)20;/h4-6,10H,1,7-9,11-12H2,2-3H3,(H2,21,22,23);1H. The normalized spacial score (nSPS) is 11.5. The van der Waals surface area contributed by atoms with Gasteiger partial charge in [-0.15, -0.1) is 30.6 Å². The largest absolute Gasteiger partial charge is 0.484 e. The number of alkyl halides is 3. The summed E-state index contributed by atoms with van der Waals surface area (Å²) in [6.07, 6.45) is -2.52. The smallest absolute Gasteiger partial charge is 0.422 e. The van der Waals surface area contributed by atoms with Crippen LogP contribution >= 0.6 is 35.7 Å². The lowest BCUT2D eigenvalue weighted by molar-refractivity contribution is -0.153. The molecule has 0 aliphatic rings. The third kappa shape index (κ3) is 10.8. The van der Waals surface area contributed by atoms with Crippen molar-refractivity contribution in [1.29, 1.82) is 0 Å². The first kappa shape index (κ1) is 24.9. The van der Waals surface area contributed by atoms with Crippen LogP contribution in [0.4, 0.5) is 13.2 Å². The Hall–Kier alpha value is -1.10. The minimum absolute atomic E-state index is 0. The number of guanidine groups is 1. The minimum Gasteiger partial charge on any atom is -0.484 e. The molecule has 0 aromatic heterocycles. The highest BCUT2D eigenvalue weighted by Crippen LogP contribution is 2.23. The van der Waals surface area contributed by atoms with E-state index in [2.05, 4.69) is 22.2 Å². The SMILES string of the molecule is C=CCSCCNC(=NC)NCc1ccc(C)cc1OCC(F)(F)F.I. The number of hydrogen-bond donors (Lipinski definition) is 2. The van der Waals surface area contributed by atoms with Crippen molar-refractivity contribution in [3.63, 3.8) is 0 Å². The highest BCUT2D eigenvalue weighted by Gasteiger charge is 2.28. The average Bonchev–Trinajstić information content (AvgIpc) is 2.56. The van der Waals surface area contributed by atoms with Crippen LogP contribution in [0.3, 0.4) is 0 Å². The first-order valence-electron chi connectivity index (χ1n) is 7.78. The van der Waals surface area contributed by atoms with E-state index in [-0.39, 0.29) is 29.7 Å². The van der Waals surface area contributed by atoms with Crippen LogP contribution < -0.4 is 15.4 Å². The summed E-state index contributed by atoms with van der Waals surface area (Å²) >= 11 is 1.74. The number of halogens is 4. The summed E-state index contributed by atoms with van der Waals surface area (Å²) in [7, 11) is 1.64. The van der Waals surface area contributed by atoms with Crippen LogP contribution in [-0.4, -0.2) is 43.8 Å². The molecule has 0 aliphatic heterocycles. The van der Waals surface area contributed by atoms with Gasteiger partial charge in [0, 0.05) is 37.2 Å². The molecule has 0 radical (unpaired) electrons. The maximum atomic E-state index is 12.4. The molecule has 0 fully saturated rings. The van der Waals surface area contributed by atoms with Crippen molar-refractivity contribution in [3.8, 4) is 5.75 Å². The zero-order chi connectivity index (χ0) is 18.7. The van der Waals surface area contributed by atoms with Gasteiger partial charge in [0.2, 0.25) is 0 Å². The second-order valence-corrected chi connectivity index (χ2v) is 6.38. The van der Waals surface area contributed by atoms with E-state index in [9.17, 15) is 13.2 Å². The second-order valence-electron chi connectivity index (χ2n) is 5.23. The second kappa shape index (κ2) is 13.1. The molecule has 0 saturated carbocycles. The predicted molar refractivity (Wildman–Crippen MR) is 114 cm³/mol. The lowest BCUT2D eigenvalue weighted by Crippen LogP contribution is -2.38. The summed E-state index contributed by atoms with van der Waals surface area (Å²) in [5.41, 5.74) is 1.47. The highest BCUT2D eigenvalue weighted by molar-refractivity contribution is 14.0. The van der Waals surface area contributed by atoms with Gasteiger partial charge in [-0.05, 0) is 18.6 Å². The van der Waals surface area contributed by atoms with Crippen molar-refractivity contribution in [3.05, 3.63) is 42.0 Å². The van der Waals surface area contributed by atoms with E-state index in [1.807, 2.05) is 12.1 Å². The summed E-state index contributed by atoms with van der Waals surface area (Å²) in [6.45, 7) is 5.19. The lowest BCUT2D eigenvalue weighted by atomic mass is 10.1. The molecule has 0 atom stereocenters. The molecule has 0 aliphatic carbocycles. The van der Waals surface area contributed by atoms with E-state index in [0.29, 0.717) is 18.1 Å². The Kier molecular flexibility index (Phi) is 12.6. The summed E-state index contributed by atoms with van der Waals surface area (Å²) in [5.74, 6) is 2.59. The number of nitrogens with one attached hydrogen (secondary N) is 2. The molecule has 2 N–H and O–H groups in total. The number of nitrogens with zero attached hydrogens (tertiary/aromatic N) is 1. The lowest BCUT2D eigenvalue weighted by Gasteiger charge is -2.16. The summed E-state index contributed by atoms with van der Waals surface area (Å²) in [5, 5.41) is 6.23. The molecule has 148 valence electrons. The predicted octanol–water partition coefficient (Wildman–Crippen LogP) is 4.14. The van der Waals surface area contributed by atoms with Gasteiger partial charge in [-0.3, -0.25) is 4.99 Å². The number of aryl methyl sites for hydroxylation is 1. The van der Waals surface area contributed by atoms with Gasteiger partial charge < -0.3 is 15.4 Å². The van der Waals surface area contributed by atoms with Crippen LogP contribution in [0.5, 0.6) is 5.75 Å². The fourth-order valence-electron chi connectivity index (χ4n) is 1.91. The number of thioether (sulfide) groups is 1. The first-order chi connectivity index (χ1) is 11.9. The Morgan fingerprint density at radius 3 is 2.69 bits per heavy atom. The molecule has 0 spiro atoms. The van der Waals surface area contributed by atoms with Gasteiger partial charge in [-0.25, -0.2) is 0 Å². The van der Waals surface area contributed by atoms with Crippen molar-refractivity contribution in [1.82, 2.24) is 10.6 Å². The molecule has 1 rings (SSSR count). The zero-order valence-electron chi connectivity index (χ0n) is 14.9. The molecule has 0 heterocycles. The molecule has 0 bridgehead atoms. The van der Waals surface area contributed by atoms with Crippen LogP contribution in [0.15, 0.2) is 35.8 Å². The first-order valence-corrected chi connectivity index (χ1v) is 8.93. The average molecular weight is 503 g/mol. The van der Waals surface area contributed by atoms with Crippen LogP contribution in [0, 0.1) is 6.92 Å². The van der Waals surface area contributed by atoms with Gasteiger partial charge in [0.25, 0.3) is 0 Å². The van der Waals surface area contributed by atoms with E-state index in [1.165, 1.54) is 0 Å². The van der Waals surface area contributed by atoms with Gasteiger partial charge in [0.15, 0.2) is 12.6 Å². The van der Waals surface area contributed by atoms with Crippen LogP contribution in [0.25, 0.3) is 0 Å². The summed E-state index contributed by atoms with van der Waals surface area (Å²) < 4.78 is 42.1. The molecular formula is C17H25F3IN3OS. The number of benzene rings is 1. The quantitative estimate of drug-likeness (QED) is 0.175. The molecule has 9 heteroatoms. The molecule has 26 heavy (non-hydrogen) atoms.